The second-order valence-corrected chi connectivity index (χ2v) is 6.30. The average molecular weight is 299 g/mol. The van der Waals surface area contributed by atoms with Gasteiger partial charge in [0.2, 0.25) is 5.91 Å². The van der Waals surface area contributed by atoms with Crippen molar-refractivity contribution in [3.05, 3.63) is 59.7 Å². The Labute approximate surface area is 131 Å². The third-order valence-electron chi connectivity index (χ3n) is 3.23. The van der Waals surface area contributed by atoms with Crippen molar-refractivity contribution in [3.63, 3.8) is 0 Å². The van der Waals surface area contributed by atoms with Gasteiger partial charge in [-0.1, -0.05) is 30.3 Å². The monoisotopic (exact) mass is 299 g/mol. The first-order valence-electron chi connectivity index (χ1n) is 7.20. The third-order valence-corrected chi connectivity index (χ3v) is 4.33. The second kappa shape index (κ2) is 7.89. The van der Waals surface area contributed by atoms with Gasteiger partial charge in [-0.25, -0.2) is 0 Å². The number of thioether (sulfide) groups is 1. The van der Waals surface area contributed by atoms with Gasteiger partial charge in [-0.15, -0.1) is 11.8 Å². The molecule has 0 fully saturated rings. The van der Waals surface area contributed by atoms with Crippen molar-refractivity contribution in [3.8, 4) is 0 Å². The van der Waals surface area contributed by atoms with Crippen LogP contribution in [0.5, 0.6) is 0 Å². The number of carbonyl (C=O) groups excluding carboxylic acids is 1. The van der Waals surface area contributed by atoms with Gasteiger partial charge >= 0.3 is 0 Å². The molecule has 0 aliphatic carbocycles. The van der Waals surface area contributed by atoms with Crippen LogP contribution in [0.1, 0.15) is 24.0 Å². The van der Waals surface area contributed by atoms with Gasteiger partial charge in [-0.2, -0.15) is 0 Å². The van der Waals surface area contributed by atoms with E-state index in [1.165, 1.54) is 4.90 Å². The van der Waals surface area contributed by atoms with E-state index in [0.29, 0.717) is 6.42 Å². The van der Waals surface area contributed by atoms with Gasteiger partial charge in [0.15, 0.2) is 0 Å². The highest BCUT2D eigenvalue weighted by molar-refractivity contribution is 7.99. The third kappa shape index (κ3) is 5.27. The fourth-order valence-electron chi connectivity index (χ4n) is 2.02. The van der Waals surface area contributed by atoms with Gasteiger partial charge in [0, 0.05) is 17.0 Å². The van der Waals surface area contributed by atoms with Gasteiger partial charge in [0.05, 0.1) is 0 Å². The van der Waals surface area contributed by atoms with Crippen molar-refractivity contribution in [2.75, 3.05) is 11.1 Å². The van der Waals surface area contributed by atoms with Gasteiger partial charge in [0.25, 0.3) is 0 Å². The number of carbonyl (C=O) groups is 1. The van der Waals surface area contributed by atoms with Crippen molar-refractivity contribution in [1.29, 1.82) is 0 Å². The molecule has 1 amide bonds. The maximum Gasteiger partial charge on any atom is 0.224 e. The topological polar surface area (TPSA) is 29.1 Å². The SMILES string of the molecule is Cc1ccc(C)c(NC(=O)CCCSc2ccccc2)c1. The summed E-state index contributed by atoms with van der Waals surface area (Å²) in [6, 6.07) is 16.4. The maximum absolute atomic E-state index is 12.0. The predicted octanol–water partition coefficient (Wildman–Crippen LogP) is 4.81. The Morgan fingerprint density at radius 1 is 1.10 bits per heavy atom. The molecule has 0 atom stereocenters. The number of benzene rings is 2. The van der Waals surface area contributed by atoms with E-state index >= 15 is 0 Å². The first-order valence-corrected chi connectivity index (χ1v) is 8.18. The van der Waals surface area contributed by atoms with Crippen LogP contribution in [-0.4, -0.2) is 11.7 Å². The molecule has 0 saturated heterocycles. The van der Waals surface area contributed by atoms with Crippen molar-refractivity contribution >= 4 is 23.4 Å². The van der Waals surface area contributed by atoms with Crippen LogP contribution in [0, 0.1) is 13.8 Å². The van der Waals surface area contributed by atoms with Crippen LogP contribution in [0.3, 0.4) is 0 Å². The van der Waals surface area contributed by atoms with E-state index in [4.69, 9.17) is 0 Å². The summed E-state index contributed by atoms with van der Waals surface area (Å²) in [4.78, 5) is 13.2. The van der Waals surface area contributed by atoms with Crippen LogP contribution >= 0.6 is 11.8 Å². The molecule has 2 aromatic carbocycles. The minimum atomic E-state index is 0.0948. The Bertz CT molecular complexity index is 595. The average Bonchev–Trinajstić information content (AvgIpc) is 2.48. The van der Waals surface area contributed by atoms with Crippen molar-refractivity contribution in [1.82, 2.24) is 0 Å². The summed E-state index contributed by atoms with van der Waals surface area (Å²) in [7, 11) is 0. The Hall–Kier alpha value is -1.74. The summed E-state index contributed by atoms with van der Waals surface area (Å²) in [6.07, 6.45) is 1.45. The lowest BCUT2D eigenvalue weighted by molar-refractivity contribution is -0.116. The first-order chi connectivity index (χ1) is 10.1. The van der Waals surface area contributed by atoms with E-state index in [0.717, 1.165) is 29.0 Å². The van der Waals surface area contributed by atoms with E-state index in [-0.39, 0.29) is 5.91 Å². The number of aryl methyl sites for hydroxylation is 2. The van der Waals surface area contributed by atoms with Crippen LogP contribution < -0.4 is 5.32 Å². The van der Waals surface area contributed by atoms with Gasteiger partial charge in [0.1, 0.15) is 0 Å². The molecular formula is C18H21NOS. The molecule has 110 valence electrons. The molecule has 1 N–H and O–H groups in total. The normalized spacial score (nSPS) is 10.4. The van der Waals surface area contributed by atoms with E-state index in [9.17, 15) is 4.79 Å². The molecule has 0 bridgehead atoms. The molecule has 2 rings (SSSR count). The van der Waals surface area contributed by atoms with Crippen molar-refractivity contribution < 1.29 is 4.79 Å². The number of anilines is 1. The highest BCUT2D eigenvalue weighted by atomic mass is 32.2. The largest absolute Gasteiger partial charge is 0.326 e. The standard InChI is InChI=1S/C18H21NOS/c1-14-10-11-15(2)17(13-14)19-18(20)9-6-12-21-16-7-4-3-5-8-16/h3-5,7-8,10-11,13H,6,9,12H2,1-2H3,(H,19,20). The van der Waals surface area contributed by atoms with Crippen LogP contribution in [0.4, 0.5) is 5.69 Å². The van der Waals surface area contributed by atoms with E-state index < -0.39 is 0 Å². The molecule has 3 heteroatoms. The zero-order chi connectivity index (χ0) is 15.1. The molecular weight excluding hydrogens is 278 g/mol. The lowest BCUT2D eigenvalue weighted by atomic mass is 10.1. The second-order valence-electron chi connectivity index (χ2n) is 5.13. The number of rotatable bonds is 6. The van der Waals surface area contributed by atoms with Crippen LogP contribution in [0.15, 0.2) is 53.4 Å². The quantitative estimate of drug-likeness (QED) is 0.612. The fourth-order valence-corrected chi connectivity index (χ4v) is 2.90. The maximum atomic E-state index is 12.0. The number of nitrogens with one attached hydrogen (secondary N) is 1. The summed E-state index contributed by atoms with van der Waals surface area (Å²) < 4.78 is 0. The lowest BCUT2D eigenvalue weighted by Gasteiger charge is -2.09. The summed E-state index contributed by atoms with van der Waals surface area (Å²) in [6.45, 7) is 4.05. The number of amides is 1. The zero-order valence-electron chi connectivity index (χ0n) is 12.6. The van der Waals surface area contributed by atoms with Crippen molar-refractivity contribution in [2.24, 2.45) is 0 Å². The predicted molar refractivity (Wildman–Crippen MR) is 90.9 cm³/mol. The Morgan fingerprint density at radius 3 is 2.62 bits per heavy atom. The van der Waals surface area contributed by atoms with Crippen LogP contribution in [-0.2, 0) is 4.79 Å². The first kappa shape index (κ1) is 15.6. The van der Waals surface area contributed by atoms with Gasteiger partial charge < -0.3 is 5.32 Å². The Kier molecular flexibility index (Phi) is 5.88. The molecule has 0 aliphatic rings. The Balaban J connectivity index is 1.74. The summed E-state index contributed by atoms with van der Waals surface area (Å²) in [5.41, 5.74) is 3.19. The molecule has 0 aliphatic heterocycles. The smallest absolute Gasteiger partial charge is 0.224 e. The molecule has 0 unspecified atom stereocenters. The molecule has 0 radical (unpaired) electrons. The van der Waals surface area contributed by atoms with E-state index in [1.54, 1.807) is 11.8 Å². The molecule has 0 heterocycles. The minimum Gasteiger partial charge on any atom is -0.326 e. The van der Waals surface area contributed by atoms with Crippen molar-refractivity contribution in [2.45, 2.75) is 31.6 Å². The molecule has 0 aromatic heterocycles. The Morgan fingerprint density at radius 2 is 1.86 bits per heavy atom. The van der Waals surface area contributed by atoms with E-state index in [1.807, 2.05) is 44.2 Å². The summed E-state index contributed by atoms with van der Waals surface area (Å²) in [5.74, 6) is 1.06. The number of hydrogen-bond donors (Lipinski definition) is 1. The fraction of sp³-hybridized carbons (Fsp3) is 0.278. The summed E-state index contributed by atoms with van der Waals surface area (Å²) in [5, 5.41) is 3.00. The zero-order valence-corrected chi connectivity index (χ0v) is 13.4. The number of hydrogen-bond acceptors (Lipinski definition) is 2. The van der Waals surface area contributed by atoms with Crippen LogP contribution in [0.25, 0.3) is 0 Å². The van der Waals surface area contributed by atoms with E-state index in [2.05, 4.69) is 23.5 Å². The molecule has 2 aromatic rings. The molecule has 2 nitrogen and oxygen atoms in total. The highest BCUT2D eigenvalue weighted by Crippen LogP contribution is 2.19. The summed E-state index contributed by atoms with van der Waals surface area (Å²) >= 11 is 1.79. The lowest BCUT2D eigenvalue weighted by Crippen LogP contribution is -2.12. The molecule has 0 spiro atoms. The molecule has 21 heavy (non-hydrogen) atoms. The minimum absolute atomic E-state index is 0.0948. The van der Waals surface area contributed by atoms with Gasteiger partial charge in [-0.05, 0) is 55.3 Å². The molecule has 0 saturated carbocycles. The van der Waals surface area contributed by atoms with Crippen LogP contribution in [0.2, 0.25) is 0 Å². The highest BCUT2D eigenvalue weighted by Gasteiger charge is 2.05. The van der Waals surface area contributed by atoms with Gasteiger partial charge in [-0.3, -0.25) is 4.79 Å².